The molecule has 0 fully saturated rings. The van der Waals surface area contributed by atoms with Gasteiger partial charge in [0, 0.05) is 5.69 Å². The summed E-state index contributed by atoms with van der Waals surface area (Å²) in [7, 11) is 1.30. The van der Waals surface area contributed by atoms with Crippen molar-refractivity contribution >= 4 is 23.9 Å². The summed E-state index contributed by atoms with van der Waals surface area (Å²) in [5.41, 5.74) is 1.60. The van der Waals surface area contributed by atoms with Crippen molar-refractivity contribution in [3.05, 3.63) is 23.8 Å². The number of hydrogen-bond acceptors (Lipinski definition) is 4. The lowest BCUT2D eigenvalue weighted by atomic mass is 10.1. The number of anilines is 2. The molecule has 0 saturated carbocycles. The van der Waals surface area contributed by atoms with Gasteiger partial charge in [-0.25, -0.2) is 4.79 Å². The number of hydroxylamine groups is 1. The van der Waals surface area contributed by atoms with E-state index in [4.69, 9.17) is 4.84 Å². The fourth-order valence-corrected chi connectivity index (χ4v) is 1.90. The molecule has 0 aliphatic carbocycles. The maximum atomic E-state index is 11.5. The minimum Gasteiger partial charge on any atom is -0.453 e. The number of benzene rings is 1. The molecule has 0 atom stereocenters. The van der Waals surface area contributed by atoms with E-state index < -0.39 is 11.7 Å². The number of rotatable bonds is 6. The summed E-state index contributed by atoms with van der Waals surface area (Å²) in [6.45, 7) is 7.60. The van der Waals surface area contributed by atoms with E-state index in [1.807, 2.05) is 26.8 Å². The summed E-state index contributed by atoms with van der Waals surface area (Å²) in [5.74, 6) is 0. The van der Waals surface area contributed by atoms with Crippen LogP contribution in [0.25, 0.3) is 0 Å². The zero-order valence-electron chi connectivity index (χ0n) is 13.8. The van der Waals surface area contributed by atoms with E-state index in [1.54, 1.807) is 12.1 Å². The summed E-state index contributed by atoms with van der Waals surface area (Å²) in [5, 5.41) is 3.82. The molecule has 1 rings (SSSR count). The van der Waals surface area contributed by atoms with Gasteiger partial charge in [-0.05, 0) is 44.9 Å². The molecule has 0 spiro atoms. The number of amides is 2. The van der Waals surface area contributed by atoms with Crippen LogP contribution >= 0.6 is 0 Å². The van der Waals surface area contributed by atoms with Crippen LogP contribution in [0.1, 0.15) is 39.7 Å². The lowest BCUT2D eigenvalue weighted by Gasteiger charge is -2.27. The SMILES string of the molecule is CCCc1ccc(N(C=O)OC(C)(C)C)cc1NC(=O)OC. The molecule has 22 heavy (non-hydrogen) atoms. The van der Waals surface area contributed by atoms with Gasteiger partial charge in [-0.15, -0.1) is 0 Å². The topological polar surface area (TPSA) is 67.9 Å². The molecule has 0 aliphatic rings. The lowest BCUT2D eigenvalue weighted by Crippen LogP contribution is -2.33. The first-order valence-corrected chi connectivity index (χ1v) is 7.22. The Balaban J connectivity index is 3.12. The minimum absolute atomic E-state index is 0.515. The normalized spacial score (nSPS) is 11.0. The fraction of sp³-hybridized carbons (Fsp3) is 0.500. The number of carbonyl (C=O) groups is 2. The predicted molar refractivity (Wildman–Crippen MR) is 85.8 cm³/mol. The average Bonchev–Trinajstić information content (AvgIpc) is 2.45. The van der Waals surface area contributed by atoms with Gasteiger partial charge in [-0.3, -0.25) is 14.9 Å². The van der Waals surface area contributed by atoms with Crippen molar-refractivity contribution in [2.45, 2.75) is 46.1 Å². The van der Waals surface area contributed by atoms with E-state index in [1.165, 1.54) is 7.11 Å². The molecular weight excluding hydrogens is 284 g/mol. The molecule has 1 aromatic rings. The van der Waals surface area contributed by atoms with E-state index in [0.717, 1.165) is 23.5 Å². The number of nitrogens with one attached hydrogen (secondary N) is 1. The van der Waals surface area contributed by atoms with Crippen molar-refractivity contribution in [3.63, 3.8) is 0 Å². The van der Waals surface area contributed by atoms with Gasteiger partial charge in [0.05, 0.1) is 18.4 Å². The third kappa shape index (κ3) is 5.37. The zero-order chi connectivity index (χ0) is 16.8. The highest BCUT2D eigenvalue weighted by Crippen LogP contribution is 2.26. The molecule has 0 bridgehead atoms. The highest BCUT2D eigenvalue weighted by Gasteiger charge is 2.19. The van der Waals surface area contributed by atoms with Gasteiger partial charge in [0.25, 0.3) is 0 Å². The summed E-state index contributed by atoms with van der Waals surface area (Å²) < 4.78 is 4.63. The smallest absolute Gasteiger partial charge is 0.411 e. The number of nitrogens with zero attached hydrogens (tertiary/aromatic N) is 1. The average molecular weight is 308 g/mol. The van der Waals surface area contributed by atoms with Crippen molar-refractivity contribution in [3.8, 4) is 0 Å². The molecule has 6 nitrogen and oxygen atoms in total. The molecule has 0 heterocycles. The Bertz CT molecular complexity index is 523. The van der Waals surface area contributed by atoms with E-state index in [-0.39, 0.29) is 0 Å². The molecule has 6 heteroatoms. The van der Waals surface area contributed by atoms with Crippen molar-refractivity contribution in [2.24, 2.45) is 0 Å². The highest BCUT2D eigenvalue weighted by molar-refractivity contribution is 5.87. The van der Waals surface area contributed by atoms with E-state index >= 15 is 0 Å². The monoisotopic (exact) mass is 308 g/mol. The number of carbonyl (C=O) groups excluding carboxylic acids is 2. The van der Waals surface area contributed by atoms with Crippen LogP contribution < -0.4 is 10.4 Å². The highest BCUT2D eigenvalue weighted by atomic mass is 16.7. The third-order valence-electron chi connectivity index (χ3n) is 2.76. The van der Waals surface area contributed by atoms with E-state index in [9.17, 15) is 9.59 Å². The molecule has 122 valence electrons. The Labute approximate surface area is 131 Å². The standard InChI is InChI=1S/C16H24N2O4/c1-6-7-12-8-9-13(10-14(12)17-15(20)21-5)18(11-19)22-16(2,3)4/h8-11H,6-7H2,1-5H3,(H,17,20). The second-order valence-corrected chi connectivity index (χ2v) is 5.84. The van der Waals surface area contributed by atoms with Crippen molar-refractivity contribution in [1.29, 1.82) is 0 Å². The van der Waals surface area contributed by atoms with Crippen LogP contribution in [0.5, 0.6) is 0 Å². The Kier molecular flexibility index (Phi) is 6.37. The van der Waals surface area contributed by atoms with Gasteiger partial charge < -0.3 is 4.74 Å². The molecule has 0 aromatic heterocycles. The molecule has 1 N–H and O–H groups in total. The van der Waals surface area contributed by atoms with Gasteiger partial charge in [0.15, 0.2) is 0 Å². The fourth-order valence-electron chi connectivity index (χ4n) is 1.90. The van der Waals surface area contributed by atoms with Crippen LogP contribution in [0.3, 0.4) is 0 Å². The number of ether oxygens (including phenoxy) is 1. The molecular formula is C16H24N2O4. The van der Waals surface area contributed by atoms with Crippen molar-refractivity contribution < 1.29 is 19.2 Å². The van der Waals surface area contributed by atoms with Crippen LogP contribution in [0.4, 0.5) is 16.2 Å². The molecule has 0 unspecified atom stereocenters. The Morgan fingerprint density at radius 2 is 2.05 bits per heavy atom. The molecule has 0 saturated heterocycles. The van der Waals surface area contributed by atoms with Crippen LogP contribution in [0.15, 0.2) is 18.2 Å². The molecule has 0 radical (unpaired) electrons. The van der Waals surface area contributed by atoms with Crippen LogP contribution in [-0.2, 0) is 20.8 Å². The maximum absolute atomic E-state index is 11.5. The van der Waals surface area contributed by atoms with Crippen molar-refractivity contribution in [1.82, 2.24) is 0 Å². The maximum Gasteiger partial charge on any atom is 0.411 e. The summed E-state index contributed by atoms with van der Waals surface area (Å²) in [6, 6.07) is 5.35. The predicted octanol–water partition coefficient (Wildman–Crippen LogP) is 3.51. The lowest BCUT2D eigenvalue weighted by molar-refractivity contribution is -0.120. The summed E-state index contributed by atoms with van der Waals surface area (Å²) in [4.78, 5) is 28.3. The van der Waals surface area contributed by atoms with Crippen molar-refractivity contribution in [2.75, 3.05) is 17.5 Å². The number of aryl methyl sites for hydroxylation is 1. The molecule has 2 amide bonds. The first-order chi connectivity index (χ1) is 10.3. The second-order valence-electron chi connectivity index (χ2n) is 5.84. The van der Waals surface area contributed by atoms with Gasteiger partial charge in [0.1, 0.15) is 0 Å². The zero-order valence-corrected chi connectivity index (χ0v) is 13.8. The summed E-state index contributed by atoms with van der Waals surface area (Å²) >= 11 is 0. The molecule has 1 aromatic carbocycles. The van der Waals surface area contributed by atoms with E-state index in [2.05, 4.69) is 17.0 Å². The second kappa shape index (κ2) is 7.79. The Hall–Kier alpha value is -2.08. The third-order valence-corrected chi connectivity index (χ3v) is 2.76. The Morgan fingerprint density at radius 3 is 2.55 bits per heavy atom. The number of methoxy groups -OCH3 is 1. The Morgan fingerprint density at radius 1 is 1.36 bits per heavy atom. The quantitative estimate of drug-likeness (QED) is 0.645. The van der Waals surface area contributed by atoms with Crippen LogP contribution in [0, 0.1) is 0 Å². The van der Waals surface area contributed by atoms with Crippen LogP contribution in [-0.4, -0.2) is 25.2 Å². The van der Waals surface area contributed by atoms with Gasteiger partial charge >= 0.3 is 6.09 Å². The van der Waals surface area contributed by atoms with Gasteiger partial charge in [-0.2, -0.15) is 5.06 Å². The van der Waals surface area contributed by atoms with Crippen LogP contribution in [0.2, 0.25) is 0 Å². The first kappa shape index (κ1) is 18.0. The number of hydrogen-bond donors (Lipinski definition) is 1. The minimum atomic E-state index is -0.552. The van der Waals surface area contributed by atoms with E-state index in [0.29, 0.717) is 17.8 Å². The summed E-state index contributed by atoms with van der Waals surface area (Å²) in [6.07, 6.45) is 1.79. The largest absolute Gasteiger partial charge is 0.453 e. The van der Waals surface area contributed by atoms with Gasteiger partial charge in [0.2, 0.25) is 6.41 Å². The van der Waals surface area contributed by atoms with Gasteiger partial charge in [-0.1, -0.05) is 19.4 Å². The molecule has 0 aliphatic heterocycles. The first-order valence-electron chi connectivity index (χ1n) is 7.22.